The van der Waals surface area contributed by atoms with Gasteiger partial charge in [0.15, 0.2) is 6.10 Å². The number of amides is 5. The number of methoxy groups -OCH3 is 1. The van der Waals surface area contributed by atoms with Crippen molar-refractivity contribution in [2.45, 2.75) is 110 Å². The molecule has 0 saturated heterocycles. The summed E-state index contributed by atoms with van der Waals surface area (Å²) in [7, 11) is 1.54. The van der Waals surface area contributed by atoms with Gasteiger partial charge in [0.25, 0.3) is 5.56 Å². The average Bonchev–Trinajstić information content (AvgIpc) is 3.68. The Balaban J connectivity index is 0.000000241. The fraction of sp³-hybridized carbons (Fsp3) is 0.458. The van der Waals surface area contributed by atoms with Crippen LogP contribution in [0.1, 0.15) is 99.6 Å². The standard InChI is InChI=1S/C23H20N4O7.C23H35N3O4.C2H6/c1-33-11-2-3-17-12(4-11)14(6-25-19(29)7-24-10-28)15-8-27-18(20(15)26-17)5-13-16(22(27)31)9-34-23(32)21(13)30;1-18(14-19-10-6-5-7-11-19)26-22(28)16-24-21(27)15-25-23(29)17-30-20-12-8-3-2-4-9-13-20;1-2/h2-5,10,21,30H,6-9H2,1H3,(H,24,28)(H,25,29);5-7,10-11,18,20H,2-4,8-9,12-17H2,1H3,(H,24,27)(H,25,29)(H,26,28);1-2H3. The van der Waals surface area contributed by atoms with Crippen LogP contribution in [0.5, 0.6) is 5.75 Å². The van der Waals surface area contributed by atoms with E-state index >= 15 is 0 Å². The molecule has 1 aliphatic carbocycles. The zero-order valence-electron chi connectivity index (χ0n) is 38.0. The summed E-state index contributed by atoms with van der Waals surface area (Å²) < 4.78 is 17.5. The highest BCUT2D eigenvalue weighted by molar-refractivity contribution is 5.91. The lowest BCUT2D eigenvalue weighted by Gasteiger charge is -2.21. The van der Waals surface area contributed by atoms with Crippen molar-refractivity contribution in [3.63, 3.8) is 0 Å². The second-order valence-electron chi connectivity index (χ2n) is 15.9. The number of aliphatic hydroxyl groups is 1. The van der Waals surface area contributed by atoms with Gasteiger partial charge in [-0.05, 0) is 61.6 Å². The van der Waals surface area contributed by atoms with Gasteiger partial charge in [-0.3, -0.25) is 28.8 Å². The van der Waals surface area contributed by atoms with Gasteiger partial charge in [0.2, 0.25) is 30.0 Å². The van der Waals surface area contributed by atoms with Gasteiger partial charge in [-0.15, -0.1) is 0 Å². The van der Waals surface area contributed by atoms with Crippen molar-refractivity contribution in [1.29, 1.82) is 0 Å². The van der Waals surface area contributed by atoms with Crippen molar-refractivity contribution in [1.82, 2.24) is 36.1 Å². The van der Waals surface area contributed by atoms with E-state index in [-0.39, 0.29) is 92.5 Å². The minimum Gasteiger partial charge on any atom is -0.497 e. The van der Waals surface area contributed by atoms with Gasteiger partial charge in [-0.2, -0.15) is 0 Å². The molecule has 66 heavy (non-hydrogen) atoms. The number of benzene rings is 2. The molecule has 1 saturated carbocycles. The zero-order chi connectivity index (χ0) is 47.6. The first kappa shape index (κ1) is 50.3. The highest BCUT2D eigenvalue weighted by Crippen LogP contribution is 2.38. The minimum atomic E-state index is -1.54. The van der Waals surface area contributed by atoms with Crippen molar-refractivity contribution in [3.05, 3.63) is 92.8 Å². The Labute approximate surface area is 383 Å². The molecule has 5 amide bonds. The van der Waals surface area contributed by atoms with Crippen molar-refractivity contribution >= 4 is 46.9 Å². The molecule has 2 aliphatic heterocycles. The summed E-state index contributed by atoms with van der Waals surface area (Å²) in [5.74, 6) is -1.55. The van der Waals surface area contributed by atoms with Gasteiger partial charge in [-0.1, -0.05) is 76.3 Å². The SMILES string of the molecule is CC.CC(Cc1ccccc1)NC(=O)CNC(=O)CNC(=O)COC1CCCCCCC1.COc1ccc2nc3c(c(CNC(=O)CNC=O)c2c1)Cn1c-3cc2c(c1=O)COC(=O)C2O. The number of nitrogens with zero attached hydrogens (tertiary/aromatic N) is 2. The van der Waals surface area contributed by atoms with Crippen LogP contribution in [0.25, 0.3) is 22.3 Å². The Kier molecular flexibility index (Phi) is 19.2. The first-order valence-corrected chi connectivity index (χ1v) is 22.5. The third-order valence-corrected chi connectivity index (χ3v) is 11.3. The van der Waals surface area contributed by atoms with E-state index < -0.39 is 18.0 Å². The number of hydrogen-bond donors (Lipinski definition) is 6. The number of cyclic esters (lactones) is 1. The number of carbonyl (C=O) groups is 6. The van der Waals surface area contributed by atoms with Crippen LogP contribution in [0.15, 0.2) is 59.4 Å². The van der Waals surface area contributed by atoms with Crippen molar-refractivity contribution in [3.8, 4) is 17.1 Å². The van der Waals surface area contributed by atoms with Crippen LogP contribution in [-0.2, 0) is 64.4 Å². The number of carbonyl (C=O) groups excluding carboxylic acids is 6. The molecular weight excluding hydrogens is 851 g/mol. The van der Waals surface area contributed by atoms with E-state index in [4.69, 9.17) is 19.2 Å². The molecule has 0 bridgehead atoms. The van der Waals surface area contributed by atoms with E-state index in [2.05, 4.69) is 26.6 Å². The summed E-state index contributed by atoms with van der Waals surface area (Å²) in [6, 6.07) is 16.8. The van der Waals surface area contributed by atoms with Gasteiger partial charge >= 0.3 is 5.97 Å². The molecule has 0 radical (unpaired) electrons. The van der Waals surface area contributed by atoms with E-state index in [0.29, 0.717) is 29.1 Å². The second-order valence-corrected chi connectivity index (χ2v) is 15.9. The summed E-state index contributed by atoms with van der Waals surface area (Å²) in [6.07, 6.45) is 7.75. The van der Waals surface area contributed by atoms with Crippen molar-refractivity contribution in [2.75, 3.05) is 33.4 Å². The van der Waals surface area contributed by atoms with E-state index in [1.54, 1.807) is 31.4 Å². The molecule has 4 heterocycles. The highest BCUT2D eigenvalue weighted by Gasteiger charge is 2.35. The molecular formula is C48H61N7O11. The molecule has 354 valence electrons. The van der Waals surface area contributed by atoms with E-state index in [1.807, 2.05) is 51.1 Å². The smallest absolute Gasteiger partial charge is 0.340 e. The highest BCUT2D eigenvalue weighted by atomic mass is 16.5. The van der Waals surface area contributed by atoms with Crippen LogP contribution in [0.4, 0.5) is 0 Å². The number of hydrogen-bond acceptors (Lipinski definition) is 12. The topological polar surface area (TPSA) is 245 Å². The normalized spacial score (nSPS) is 15.5. The number of esters is 1. The molecule has 18 nitrogen and oxygen atoms in total. The lowest BCUT2D eigenvalue weighted by molar-refractivity contribution is -0.157. The fourth-order valence-electron chi connectivity index (χ4n) is 7.99. The zero-order valence-corrected chi connectivity index (χ0v) is 38.0. The van der Waals surface area contributed by atoms with Crippen LogP contribution in [0, 0.1) is 0 Å². The predicted molar refractivity (Wildman–Crippen MR) is 245 cm³/mol. The fourth-order valence-corrected chi connectivity index (χ4v) is 7.99. The summed E-state index contributed by atoms with van der Waals surface area (Å²) in [4.78, 5) is 88.2. The summed E-state index contributed by atoms with van der Waals surface area (Å²) >= 11 is 0. The number of nitrogens with one attached hydrogen (secondary N) is 5. The summed E-state index contributed by atoms with van der Waals surface area (Å²) in [5, 5.41) is 24.1. The Morgan fingerprint density at radius 3 is 2.27 bits per heavy atom. The van der Waals surface area contributed by atoms with E-state index in [1.165, 1.54) is 23.8 Å². The van der Waals surface area contributed by atoms with Crippen LogP contribution in [0.2, 0.25) is 0 Å². The molecule has 1 fully saturated rings. The Morgan fingerprint density at radius 1 is 0.879 bits per heavy atom. The number of rotatable bonds is 16. The number of fused-ring (bicyclic) bond motifs is 5. The van der Waals surface area contributed by atoms with E-state index in [0.717, 1.165) is 54.2 Å². The van der Waals surface area contributed by atoms with Gasteiger partial charge < -0.3 is 50.5 Å². The van der Waals surface area contributed by atoms with Gasteiger partial charge in [0.1, 0.15) is 19.0 Å². The molecule has 18 heteroatoms. The largest absolute Gasteiger partial charge is 0.497 e. The maximum absolute atomic E-state index is 13.2. The van der Waals surface area contributed by atoms with Gasteiger partial charge in [0, 0.05) is 29.1 Å². The lowest BCUT2D eigenvalue weighted by Crippen LogP contribution is -2.44. The Morgan fingerprint density at radius 2 is 1.56 bits per heavy atom. The molecule has 4 aromatic rings. The molecule has 6 N–H and O–H groups in total. The summed E-state index contributed by atoms with van der Waals surface area (Å²) in [5.41, 5.74) is 4.30. The quantitative estimate of drug-likeness (QED) is 0.0619. The maximum Gasteiger partial charge on any atom is 0.340 e. The number of pyridine rings is 2. The number of ether oxygens (including phenoxy) is 3. The van der Waals surface area contributed by atoms with Crippen LogP contribution in [0.3, 0.4) is 0 Å². The van der Waals surface area contributed by atoms with Crippen LogP contribution < -0.4 is 36.9 Å². The molecule has 2 atom stereocenters. The molecule has 2 aromatic carbocycles. The monoisotopic (exact) mass is 911 g/mol. The molecule has 7 rings (SSSR count). The lowest BCUT2D eigenvalue weighted by atomic mass is 9.98. The van der Waals surface area contributed by atoms with Crippen molar-refractivity contribution in [2.24, 2.45) is 0 Å². The summed E-state index contributed by atoms with van der Waals surface area (Å²) in [6.45, 7) is 5.54. The molecule has 2 unspecified atom stereocenters. The Bertz CT molecular complexity index is 2400. The van der Waals surface area contributed by atoms with Gasteiger partial charge in [0.05, 0.1) is 61.9 Å². The number of aromatic nitrogens is 2. The van der Waals surface area contributed by atoms with Gasteiger partial charge in [-0.25, -0.2) is 9.78 Å². The van der Waals surface area contributed by atoms with Crippen LogP contribution >= 0.6 is 0 Å². The maximum atomic E-state index is 13.2. The number of aliphatic hydroxyl groups excluding tert-OH is 1. The molecule has 0 spiro atoms. The first-order chi connectivity index (χ1) is 31.9. The minimum absolute atomic E-state index is 0.0323. The molecule has 3 aliphatic rings. The molecule has 2 aromatic heterocycles. The van der Waals surface area contributed by atoms with E-state index in [9.17, 15) is 38.7 Å². The van der Waals surface area contributed by atoms with Crippen molar-refractivity contribution < 1.29 is 48.1 Å². The third kappa shape index (κ3) is 13.7. The van der Waals surface area contributed by atoms with Crippen LogP contribution in [-0.4, -0.2) is 96.2 Å². The second kappa shape index (κ2) is 25.1. The first-order valence-electron chi connectivity index (χ1n) is 22.5. The third-order valence-electron chi connectivity index (χ3n) is 11.3. The Hall–Kier alpha value is -6.66. The predicted octanol–water partition coefficient (Wildman–Crippen LogP) is 3.01. The average molecular weight is 912 g/mol.